The molecule has 1 heterocycles. The van der Waals surface area contributed by atoms with Crippen LogP contribution in [0.1, 0.15) is 13.8 Å². The van der Waals surface area contributed by atoms with Crippen molar-refractivity contribution in [1.82, 2.24) is 9.78 Å². The number of carbonyl (C=O) groups is 1. The molecule has 0 spiro atoms. The molecule has 5 nitrogen and oxygen atoms in total. The lowest BCUT2D eigenvalue weighted by atomic mass is 10.3. The zero-order valence-corrected chi connectivity index (χ0v) is 11.3. The van der Waals surface area contributed by atoms with E-state index in [0.29, 0.717) is 18.0 Å². The van der Waals surface area contributed by atoms with Crippen LogP contribution in [0, 0.1) is 5.82 Å². The van der Waals surface area contributed by atoms with Crippen molar-refractivity contribution in [3.05, 3.63) is 42.5 Å². The molecule has 0 bridgehead atoms. The Morgan fingerprint density at radius 2 is 2.25 bits per heavy atom. The maximum atomic E-state index is 13.6. The van der Waals surface area contributed by atoms with Crippen molar-refractivity contribution in [2.24, 2.45) is 0 Å². The number of esters is 1. The topological polar surface area (TPSA) is 56.1 Å². The first-order chi connectivity index (χ1) is 9.61. The van der Waals surface area contributed by atoms with E-state index in [9.17, 15) is 9.18 Å². The second-order valence-corrected chi connectivity index (χ2v) is 4.24. The number of halogens is 1. The second-order valence-electron chi connectivity index (χ2n) is 4.24. The average Bonchev–Trinajstić information content (AvgIpc) is 2.87. The van der Waals surface area contributed by atoms with Crippen LogP contribution in [0.5, 0.6) is 0 Å². The lowest BCUT2D eigenvalue weighted by molar-refractivity contribution is -0.143. The normalized spacial score (nSPS) is 11.9. The molecule has 0 amide bonds. The molecule has 0 aliphatic carbocycles. The number of benzene rings is 1. The van der Waals surface area contributed by atoms with Gasteiger partial charge in [0.2, 0.25) is 0 Å². The molecule has 2 rings (SSSR count). The van der Waals surface area contributed by atoms with Crippen molar-refractivity contribution >= 4 is 11.7 Å². The Balaban J connectivity index is 2.10. The number of aromatic nitrogens is 2. The molecule has 1 aromatic heterocycles. The third-order valence-corrected chi connectivity index (χ3v) is 2.71. The SMILES string of the molecule is CCOC(=O)[C@@H](C)Nc1cnn(-c2ccccc2F)c1. The van der Waals surface area contributed by atoms with Gasteiger partial charge in [0.05, 0.1) is 24.7 Å². The van der Waals surface area contributed by atoms with Gasteiger partial charge in [-0.05, 0) is 26.0 Å². The molecule has 0 saturated heterocycles. The molecule has 0 aliphatic heterocycles. The first-order valence-corrected chi connectivity index (χ1v) is 6.34. The zero-order valence-electron chi connectivity index (χ0n) is 11.3. The monoisotopic (exact) mass is 277 g/mol. The number of rotatable bonds is 5. The van der Waals surface area contributed by atoms with Crippen molar-refractivity contribution in [2.45, 2.75) is 19.9 Å². The molecule has 2 aromatic rings. The highest BCUT2D eigenvalue weighted by Gasteiger charge is 2.14. The summed E-state index contributed by atoms with van der Waals surface area (Å²) in [6.45, 7) is 3.78. The van der Waals surface area contributed by atoms with E-state index in [1.807, 2.05) is 0 Å². The number of para-hydroxylation sites is 1. The van der Waals surface area contributed by atoms with Crippen LogP contribution in [0.15, 0.2) is 36.7 Å². The fraction of sp³-hybridized carbons (Fsp3) is 0.286. The van der Waals surface area contributed by atoms with Gasteiger partial charge >= 0.3 is 5.97 Å². The number of nitrogens with zero attached hydrogens (tertiary/aromatic N) is 2. The fourth-order valence-electron chi connectivity index (χ4n) is 1.74. The van der Waals surface area contributed by atoms with Gasteiger partial charge in [0, 0.05) is 0 Å². The second kappa shape index (κ2) is 6.18. The van der Waals surface area contributed by atoms with E-state index in [1.165, 1.54) is 16.9 Å². The van der Waals surface area contributed by atoms with Crippen LogP contribution in [-0.2, 0) is 9.53 Å². The van der Waals surface area contributed by atoms with E-state index in [2.05, 4.69) is 10.4 Å². The summed E-state index contributed by atoms with van der Waals surface area (Å²) in [5.74, 6) is -0.702. The Labute approximate surface area is 116 Å². The summed E-state index contributed by atoms with van der Waals surface area (Å²) in [4.78, 5) is 11.5. The Morgan fingerprint density at radius 1 is 1.50 bits per heavy atom. The summed E-state index contributed by atoms with van der Waals surface area (Å²) in [5, 5.41) is 7.02. The molecule has 1 N–H and O–H groups in total. The molecular weight excluding hydrogens is 261 g/mol. The Bertz CT molecular complexity index is 598. The summed E-state index contributed by atoms with van der Waals surface area (Å²) in [6, 6.07) is 5.85. The predicted molar refractivity (Wildman–Crippen MR) is 73.2 cm³/mol. The minimum atomic E-state index is -0.492. The predicted octanol–water partition coefficient (Wildman–Crippen LogP) is 2.37. The van der Waals surface area contributed by atoms with Gasteiger partial charge in [-0.15, -0.1) is 0 Å². The summed E-state index contributed by atoms with van der Waals surface area (Å²) in [7, 11) is 0. The number of nitrogens with one attached hydrogen (secondary N) is 1. The fourth-order valence-corrected chi connectivity index (χ4v) is 1.74. The quantitative estimate of drug-likeness (QED) is 0.852. The Kier molecular flexibility index (Phi) is 4.34. The first kappa shape index (κ1) is 14.0. The van der Waals surface area contributed by atoms with Crippen molar-refractivity contribution < 1.29 is 13.9 Å². The van der Waals surface area contributed by atoms with Crippen LogP contribution in [0.4, 0.5) is 10.1 Å². The summed E-state index contributed by atoms with van der Waals surface area (Å²) < 4.78 is 19.9. The number of hydrogen-bond acceptors (Lipinski definition) is 4. The van der Waals surface area contributed by atoms with Crippen molar-refractivity contribution in [1.29, 1.82) is 0 Å². The number of hydrogen-bond donors (Lipinski definition) is 1. The molecule has 0 aliphatic rings. The summed E-state index contributed by atoms with van der Waals surface area (Å²) >= 11 is 0. The summed E-state index contributed by atoms with van der Waals surface area (Å²) in [5.41, 5.74) is 0.971. The van der Waals surface area contributed by atoms with E-state index < -0.39 is 6.04 Å². The molecule has 1 aromatic carbocycles. The molecular formula is C14H16FN3O2. The Morgan fingerprint density at radius 3 is 2.95 bits per heavy atom. The first-order valence-electron chi connectivity index (χ1n) is 6.34. The van der Waals surface area contributed by atoms with Gasteiger partial charge in [0.25, 0.3) is 0 Å². The van der Waals surface area contributed by atoms with Crippen molar-refractivity contribution in [2.75, 3.05) is 11.9 Å². The van der Waals surface area contributed by atoms with E-state index in [4.69, 9.17) is 4.74 Å². The smallest absolute Gasteiger partial charge is 0.328 e. The van der Waals surface area contributed by atoms with Crippen LogP contribution in [0.3, 0.4) is 0 Å². The lowest BCUT2D eigenvalue weighted by Crippen LogP contribution is -2.27. The highest BCUT2D eigenvalue weighted by Crippen LogP contribution is 2.15. The van der Waals surface area contributed by atoms with Crippen LogP contribution in [0.2, 0.25) is 0 Å². The molecule has 6 heteroatoms. The molecule has 106 valence electrons. The molecule has 0 unspecified atom stereocenters. The van der Waals surface area contributed by atoms with Crippen LogP contribution in [-0.4, -0.2) is 28.4 Å². The van der Waals surface area contributed by atoms with Crippen molar-refractivity contribution in [3.63, 3.8) is 0 Å². The Hall–Kier alpha value is -2.37. The molecule has 0 fully saturated rings. The van der Waals surface area contributed by atoms with E-state index >= 15 is 0 Å². The number of ether oxygens (including phenoxy) is 1. The highest BCUT2D eigenvalue weighted by atomic mass is 19.1. The van der Waals surface area contributed by atoms with Gasteiger partial charge < -0.3 is 10.1 Å². The molecule has 0 saturated carbocycles. The maximum absolute atomic E-state index is 13.6. The van der Waals surface area contributed by atoms with Gasteiger partial charge in [-0.1, -0.05) is 12.1 Å². The van der Waals surface area contributed by atoms with Gasteiger partial charge in [-0.2, -0.15) is 5.10 Å². The van der Waals surface area contributed by atoms with E-state index in [0.717, 1.165) is 0 Å². The van der Waals surface area contributed by atoms with Gasteiger partial charge in [0.15, 0.2) is 0 Å². The zero-order chi connectivity index (χ0) is 14.5. The molecule has 1 atom stereocenters. The minimum Gasteiger partial charge on any atom is -0.464 e. The number of carbonyl (C=O) groups excluding carboxylic acids is 1. The third kappa shape index (κ3) is 3.14. The summed E-state index contributed by atoms with van der Waals surface area (Å²) in [6.07, 6.45) is 3.15. The van der Waals surface area contributed by atoms with E-state index in [-0.39, 0.29) is 11.8 Å². The highest BCUT2D eigenvalue weighted by molar-refractivity contribution is 5.78. The molecule has 0 radical (unpaired) electrons. The van der Waals surface area contributed by atoms with Crippen molar-refractivity contribution in [3.8, 4) is 5.69 Å². The number of anilines is 1. The van der Waals surface area contributed by atoms with Crippen LogP contribution < -0.4 is 5.32 Å². The van der Waals surface area contributed by atoms with Gasteiger partial charge in [0.1, 0.15) is 17.5 Å². The average molecular weight is 277 g/mol. The van der Waals surface area contributed by atoms with Crippen LogP contribution >= 0.6 is 0 Å². The van der Waals surface area contributed by atoms with Gasteiger partial charge in [-0.3, -0.25) is 0 Å². The van der Waals surface area contributed by atoms with Crippen LogP contribution in [0.25, 0.3) is 5.69 Å². The minimum absolute atomic E-state index is 0.333. The molecule has 20 heavy (non-hydrogen) atoms. The van der Waals surface area contributed by atoms with Gasteiger partial charge in [-0.25, -0.2) is 13.9 Å². The standard InChI is InChI=1S/C14H16FN3O2/c1-3-20-14(19)10(2)17-11-8-16-18(9-11)13-7-5-4-6-12(13)15/h4-10,17H,3H2,1-2H3/t10-/m1/s1. The van der Waals surface area contributed by atoms with E-state index in [1.54, 1.807) is 38.2 Å². The lowest BCUT2D eigenvalue weighted by Gasteiger charge is -2.11. The largest absolute Gasteiger partial charge is 0.464 e. The third-order valence-electron chi connectivity index (χ3n) is 2.71. The maximum Gasteiger partial charge on any atom is 0.328 e.